The third-order valence-corrected chi connectivity index (χ3v) is 6.67. The van der Waals surface area contributed by atoms with Gasteiger partial charge in [-0.1, -0.05) is 20.4 Å². The summed E-state index contributed by atoms with van der Waals surface area (Å²) in [4.78, 5) is 46.8. The van der Waals surface area contributed by atoms with Gasteiger partial charge >= 0.3 is 17.9 Å². The molecule has 10 unspecified atom stereocenters. The molecule has 2 fully saturated rings. The number of esters is 3. The Morgan fingerprint density at radius 2 is 1.41 bits per heavy atom. The second kappa shape index (κ2) is 15.3. The standard InChI is InChI=1S/C26H41NO12/c1-9-21(31)27-12-33-10-19-23(32-8)14(3)25(37-18(7)30)26(38-19)39-24-13(2)22(36-17(6)29)15(4)35-20(24)11-34-16(5)28/h9,13-15,19-20,22-26H,1,10-12H2,2-8H3,(H,27,31). The fourth-order valence-electron chi connectivity index (χ4n) is 4.91. The molecule has 13 nitrogen and oxygen atoms in total. The molecule has 10 atom stereocenters. The summed E-state index contributed by atoms with van der Waals surface area (Å²) in [5.74, 6) is -2.74. The molecule has 0 radical (unpaired) electrons. The lowest BCUT2D eigenvalue weighted by Gasteiger charge is -2.48. The Bertz CT molecular complexity index is 864. The summed E-state index contributed by atoms with van der Waals surface area (Å²) in [5, 5.41) is 2.51. The minimum Gasteiger partial charge on any atom is -0.463 e. The Labute approximate surface area is 228 Å². The topological polar surface area (TPSA) is 154 Å². The molecule has 39 heavy (non-hydrogen) atoms. The second-order valence-electron chi connectivity index (χ2n) is 9.65. The van der Waals surface area contributed by atoms with Crippen LogP contribution in [0.5, 0.6) is 0 Å². The van der Waals surface area contributed by atoms with Crippen LogP contribution < -0.4 is 5.32 Å². The summed E-state index contributed by atoms with van der Waals surface area (Å²) < 4.78 is 46.3. The van der Waals surface area contributed by atoms with Crippen molar-refractivity contribution in [3.05, 3.63) is 12.7 Å². The number of nitrogens with one attached hydrogen (secondary N) is 1. The number of rotatable bonds is 12. The summed E-state index contributed by atoms with van der Waals surface area (Å²) >= 11 is 0. The number of ether oxygens (including phenoxy) is 8. The van der Waals surface area contributed by atoms with E-state index in [2.05, 4.69) is 11.9 Å². The van der Waals surface area contributed by atoms with Crippen LogP contribution in [0.15, 0.2) is 12.7 Å². The van der Waals surface area contributed by atoms with Gasteiger partial charge in [-0.05, 0) is 13.0 Å². The summed E-state index contributed by atoms with van der Waals surface area (Å²) in [5.41, 5.74) is 0. The highest BCUT2D eigenvalue weighted by atomic mass is 16.7. The molecule has 2 heterocycles. The van der Waals surface area contributed by atoms with Gasteiger partial charge < -0.3 is 43.2 Å². The van der Waals surface area contributed by atoms with Crippen molar-refractivity contribution in [3.63, 3.8) is 0 Å². The molecular weight excluding hydrogens is 518 g/mol. The summed E-state index contributed by atoms with van der Waals surface area (Å²) in [6.45, 7) is 12.5. The summed E-state index contributed by atoms with van der Waals surface area (Å²) in [6.07, 6.45) is -4.76. The van der Waals surface area contributed by atoms with E-state index in [1.807, 2.05) is 13.8 Å². The third-order valence-electron chi connectivity index (χ3n) is 6.67. The van der Waals surface area contributed by atoms with Crippen molar-refractivity contribution in [3.8, 4) is 0 Å². The van der Waals surface area contributed by atoms with Gasteiger partial charge in [-0.2, -0.15) is 0 Å². The number of carbonyl (C=O) groups excluding carboxylic acids is 4. The maximum atomic E-state index is 12.0. The lowest BCUT2D eigenvalue weighted by molar-refractivity contribution is -0.332. The van der Waals surface area contributed by atoms with Gasteiger partial charge in [0.1, 0.15) is 31.6 Å². The Hall–Kier alpha value is -2.58. The van der Waals surface area contributed by atoms with Crippen LogP contribution in [0.3, 0.4) is 0 Å². The first kappa shape index (κ1) is 32.6. The van der Waals surface area contributed by atoms with Gasteiger partial charge in [0.2, 0.25) is 5.91 Å². The van der Waals surface area contributed by atoms with Gasteiger partial charge in [0, 0.05) is 39.7 Å². The Morgan fingerprint density at radius 3 is 1.97 bits per heavy atom. The van der Waals surface area contributed by atoms with Crippen LogP contribution in [0, 0.1) is 11.8 Å². The van der Waals surface area contributed by atoms with Crippen molar-refractivity contribution in [2.75, 3.05) is 27.1 Å². The molecule has 0 bridgehead atoms. The average Bonchev–Trinajstić information content (AvgIpc) is 2.86. The predicted octanol–water partition coefficient (Wildman–Crippen LogP) is 0.874. The minimum atomic E-state index is -1.10. The normalized spacial score (nSPS) is 34.4. The highest BCUT2D eigenvalue weighted by Gasteiger charge is 2.51. The molecular formula is C26H41NO12. The van der Waals surface area contributed by atoms with Crippen LogP contribution in [0.25, 0.3) is 0 Å². The van der Waals surface area contributed by atoms with Crippen molar-refractivity contribution in [2.24, 2.45) is 11.8 Å². The number of hydrogen-bond donors (Lipinski definition) is 1. The van der Waals surface area contributed by atoms with Gasteiger partial charge in [0.25, 0.3) is 0 Å². The lowest BCUT2D eigenvalue weighted by atomic mass is 9.87. The van der Waals surface area contributed by atoms with Gasteiger partial charge in [0.05, 0.1) is 24.9 Å². The fraction of sp³-hybridized carbons (Fsp3) is 0.769. The van der Waals surface area contributed by atoms with Crippen LogP contribution in [0.4, 0.5) is 0 Å². The molecule has 0 aromatic heterocycles. The molecule has 1 amide bonds. The van der Waals surface area contributed by atoms with Crippen LogP contribution in [0.2, 0.25) is 0 Å². The average molecular weight is 560 g/mol. The maximum absolute atomic E-state index is 12.0. The lowest BCUT2D eigenvalue weighted by Crippen LogP contribution is -2.62. The number of amides is 1. The monoisotopic (exact) mass is 559 g/mol. The van der Waals surface area contributed by atoms with E-state index in [1.54, 1.807) is 6.92 Å². The number of carbonyl (C=O) groups is 4. The van der Waals surface area contributed by atoms with Crippen molar-refractivity contribution >= 4 is 23.8 Å². The quantitative estimate of drug-likeness (QED) is 0.119. The Balaban J connectivity index is 2.31. The SMILES string of the molecule is C=CC(=O)NCOCC1OC(OC2C(COC(C)=O)OC(C)C(OC(C)=O)C2C)C(OC(C)=O)C(C)C1OC. The zero-order valence-electron chi connectivity index (χ0n) is 23.6. The molecule has 2 saturated heterocycles. The Morgan fingerprint density at radius 1 is 0.821 bits per heavy atom. The van der Waals surface area contributed by atoms with Crippen molar-refractivity contribution in [1.82, 2.24) is 5.32 Å². The third kappa shape index (κ3) is 9.24. The van der Waals surface area contributed by atoms with Gasteiger partial charge in [-0.15, -0.1) is 0 Å². The van der Waals surface area contributed by atoms with Crippen molar-refractivity contribution < 1.29 is 57.1 Å². The first-order valence-corrected chi connectivity index (χ1v) is 12.8. The van der Waals surface area contributed by atoms with Gasteiger partial charge in [0.15, 0.2) is 12.4 Å². The van der Waals surface area contributed by atoms with E-state index in [9.17, 15) is 19.2 Å². The molecule has 0 aromatic carbocycles. The maximum Gasteiger partial charge on any atom is 0.303 e. The van der Waals surface area contributed by atoms with Crippen LogP contribution >= 0.6 is 0 Å². The fourth-order valence-corrected chi connectivity index (χ4v) is 4.91. The zero-order valence-corrected chi connectivity index (χ0v) is 23.6. The molecule has 2 rings (SSSR count). The van der Waals surface area contributed by atoms with E-state index in [-0.39, 0.29) is 19.9 Å². The van der Waals surface area contributed by atoms with E-state index in [1.165, 1.54) is 27.9 Å². The van der Waals surface area contributed by atoms with E-state index >= 15 is 0 Å². The van der Waals surface area contributed by atoms with Crippen LogP contribution in [-0.2, 0) is 57.1 Å². The molecule has 2 aliphatic rings. The summed E-state index contributed by atoms with van der Waals surface area (Å²) in [6, 6.07) is 0. The highest BCUT2D eigenvalue weighted by Crippen LogP contribution is 2.36. The van der Waals surface area contributed by atoms with E-state index in [0.29, 0.717) is 0 Å². The minimum absolute atomic E-state index is 0.0215. The second-order valence-corrected chi connectivity index (χ2v) is 9.65. The molecule has 0 aromatic rings. The Kier molecular flexibility index (Phi) is 12.8. The van der Waals surface area contributed by atoms with Crippen molar-refractivity contribution in [2.45, 2.75) is 90.6 Å². The number of hydrogen-bond acceptors (Lipinski definition) is 12. The number of methoxy groups -OCH3 is 1. The molecule has 0 saturated carbocycles. The molecule has 2 aliphatic heterocycles. The van der Waals surface area contributed by atoms with Crippen LogP contribution in [-0.4, -0.2) is 99.9 Å². The van der Waals surface area contributed by atoms with Gasteiger partial charge in [-0.3, -0.25) is 19.2 Å². The van der Waals surface area contributed by atoms with Gasteiger partial charge in [-0.25, -0.2) is 0 Å². The smallest absolute Gasteiger partial charge is 0.303 e. The molecule has 0 aliphatic carbocycles. The molecule has 13 heteroatoms. The van der Waals surface area contributed by atoms with E-state index < -0.39 is 84.7 Å². The summed E-state index contributed by atoms with van der Waals surface area (Å²) in [7, 11) is 1.50. The van der Waals surface area contributed by atoms with E-state index in [4.69, 9.17) is 37.9 Å². The van der Waals surface area contributed by atoms with E-state index in [0.717, 1.165) is 6.08 Å². The predicted molar refractivity (Wildman–Crippen MR) is 134 cm³/mol. The first-order valence-electron chi connectivity index (χ1n) is 12.8. The molecule has 1 N–H and O–H groups in total. The first-order chi connectivity index (χ1) is 18.4. The zero-order chi connectivity index (χ0) is 29.3. The largest absolute Gasteiger partial charge is 0.463 e. The van der Waals surface area contributed by atoms with Crippen LogP contribution in [0.1, 0.15) is 41.5 Å². The van der Waals surface area contributed by atoms with Crippen molar-refractivity contribution in [1.29, 1.82) is 0 Å². The highest BCUT2D eigenvalue weighted by molar-refractivity contribution is 5.86. The molecule has 0 spiro atoms. The molecule has 222 valence electrons.